The minimum atomic E-state index is -0.356. The van der Waals surface area contributed by atoms with Gasteiger partial charge in [-0.25, -0.2) is 4.39 Å². The first-order valence-electron chi connectivity index (χ1n) is 7.77. The lowest BCUT2D eigenvalue weighted by atomic mass is 10.2. The summed E-state index contributed by atoms with van der Waals surface area (Å²) in [4.78, 5) is 25.5. The van der Waals surface area contributed by atoms with Crippen LogP contribution in [-0.4, -0.2) is 22.4 Å². The molecular weight excluding hydrogens is 323 g/mol. The minimum absolute atomic E-state index is 0.139. The molecular formula is C19H17FN2O3. The molecule has 2 heterocycles. The number of benzene rings is 1. The van der Waals surface area contributed by atoms with E-state index in [2.05, 4.69) is 0 Å². The highest BCUT2D eigenvalue weighted by Gasteiger charge is 2.17. The smallest absolute Gasteiger partial charge is 0.289 e. The molecule has 0 saturated carbocycles. The predicted molar refractivity (Wildman–Crippen MR) is 90.7 cm³/mol. The van der Waals surface area contributed by atoms with Crippen molar-refractivity contribution in [3.63, 3.8) is 0 Å². The van der Waals surface area contributed by atoms with E-state index in [9.17, 15) is 14.0 Å². The Labute approximate surface area is 143 Å². The van der Waals surface area contributed by atoms with Gasteiger partial charge in [0.1, 0.15) is 11.6 Å². The van der Waals surface area contributed by atoms with Gasteiger partial charge in [-0.15, -0.1) is 0 Å². The summed E-state index contributed by atoms with van der Waals surface area (Å²) >= 11 is 0. The quantitative estimate of drug-likeness (QED) is 0.718. The fraction of sp³-hybridized carbons (Fsp3) is 0.158. The van der Waals surface area contributed by atoms with Crippen LogP contribution in [-0.2, 0) is 13.1 Å². The predicted octanol–water partition coefficient (Wildman–Crippen LogP) is 2.90. The summed E-state index contributed by atoms with van der Waals surface area (Å²) in [6.45, 7) is 0.379. The van der Waals surface area contributed by atoms with E-state index in [4.69, 9.17) is 4.42 Å². The summed E-state index contributed by atoms with van der Waals surface area (Å²) < 4.78 is 20.7. The lowest BCUT2D eigenvalue weighted by Crippen LogP contribution is -2.26. The van der Waals surface area contributed by atoms with Gasteiger partial charge in [0.25, 0.3) is 11.5 Å². The summed E-state index contributed by atoms with van der Waals surface area (Å²) in [5.74, 6) is -0.0607. The molecule has 0 unspecified atom stereocenters. The van der Waals surface area contributed by atoms with Crippen molar-refractivity contribution in [2.75, 3.05) is 7.05 Å². The molecule has 25 heavy (non-hydrogen) atoms. The van der Waals surface area contributed by atoms with Crippen LogP contribution in [0.4, 0.5) is 4.39 Å². The van der Waals surface area contributed by atoms with Gasteiger partial charge in [-0.3, -0.25) is 9.59 Å². The topological polar surface area (TPSA) is 55.5 Å². The number of hydrogen-bond acceptors (Lipinski definition) is 3. The minimum Gasteiger partial charge on any atom is -0.454 e. The van der Waals surface area contributed by atoms with E-state index in [1.54, 1.807) is 55.7 Å². The fourth-order valence-corrected chi connectivity index (χ4v) is 2.48. The molecule has 0 fully saturated rings. The molecule has 2 aromatic heterocycles. The van der Waals surface area contributed by atoms with E-state index >= 15 is 0 Å². The molecule has 5 nitrogen and oxygen atoms in total. The summed E-state index contributed by atoms with van der Waals surface area (Å²) in [6.07, 6.45) is 1.65. The molecule has 0 atom stereocenters. The largest absolute Gasteiger partial charge is 0.454 e. The highest BCUT2D eigenvalue weighted by Crippen LogP contribution is 2.14. The number of pyridine rings is 1. The van der Waals surface area contributed by atoms with E-state index in [1.807, 2.05) is 0 Å². The van der Waals surface area contributed by atoms with Gasteiger partial charge in [-0.1, -0.05) is 24.3 Å². The van der Waals surface area contributed by atoms with E-state index in [0.717, 1.165) is 0 Å². The summed E-state index contributed by atoms with van der Waals surface area (Å²) in [5.41, 5.74) is 0.282. The Morgan fingerprint density at radius 3 is 2.64 bits per heavy atom. The second kappa shape index (κ2) is 7.17. The zero-order chi connectivity index (χ0) is 17.8. The number of furan rings is 1. The lowest BCUT2D eigenvalue weighted by Gasteiger charge is -2.16. The van der Waals surface area contributed by atoms with Crippen molar-refractivity contribution < 1.29 is 13.6 Å². The normalized spacial score (nSPS) is 10.6. The van der Waals surface area contributed by atoms with Crippen molar-refractivity contribution in [1.29, 1.82) is 0 Å². The van der Waals surface area contributed by atoms with Crippen molar-refractivity contribution in [2.24, 2.45) is 0 Å². The Kier molecular flexibility index (Phi) is 4.79. The maximum absolute atomic E-state index is 13.7. The first-order valence-corrected chi connectivity index (χ1v) is 7.77. The molecule has 0 aliphatic heterocycles. The van der Waals surface area contributed by atoms with E-state index < -0.39 is 0 Å². The number of amides is 1. The zero-order valence-corrected chi connectivity index (χ0v) is 13.7. The standard InChI is InChI=1S/C19H17FN2O3/c1-21(12-14-6-2-3-7-16(14)20)19(24)17-10-9-15(25-17)13-22-11-5-4-8-18(22)23/h2-11H,12-13H2,1H3. The molecule has 0 radical (unpaired) electrons. The maximum Gasteiger partial charge on any atom is 0.289 e. The Morgan fingerprint density at radius 2 is 1.88 bits per heavy atom. The Balaban J connectivity index is 1.71. The second-order valence-corrected chi connectivity index (χ2v) is 5.69. The highest BCUT2D eigenvalue weighted by atomic mass is 19.1. The maximum atomic E-state index is 13.7. The monoisotopic (exact) mass is 340 g/mol. The van der Waals surface area contributed by atoms with E-state index in [-0.39, 0.29) is 36.1 Å². The third kappa shape index (κ3) is 3.85. The molecule has 3 aromatic rings. The van der Waals surface area contributed by atoms with Crippen LogP contribution in [0.1, 0.15) is 21.9 Å². The van der Waals surface area contributed by atoms with Crippen LogP contribution in [0.15, 0.2) is 70.0 Å². The molecule has 0 bridgehead atoms. The van der Waals surface area contributed by atoms with E-state index in [1.165, 1.54) is 21.6 Å². The number of carbonyl (C=O) groups is 1. The van der Waals surface area contributed by atoms with Gasteiger partial charge in [0.05, 0.1) is 6.54 Å². The van der Waals surface area contributed by atoms with Crippen LogP contribution in [0, 0.1) is 5.82 Å². The molecule has 6 heteroatoms. The van der Waals surface area contributed by atoms with E-state index in [0.29, 0.717) is 11.3 Å². The van der Waals surface area contributed by atoms with Crippen molar-refractivity contribution in [1.82, 2.24) is 9.47 Å². The molecule has 0 aliphatic carbocycles. The summed E-state index contributed by atoms with van der Waals surface area (Å²) in [5, 5.41) is 0. The molecule has 0 spiro atoms. The van der Waals surface area contributed by atoms with Crippen LogP contribution in [0.3, 0.4) is 0 Å². The second-order valence-electron chi connectivity index (χ2n) is 5.69. The van der Waals surface area contributed by atoms with Crippen LogP contribution in [0.25, 0.3) is 0 Å². The van der Waals surface area contributed by atoms with Gasteiger partial charge in [-0.2, -0.15) is 0 Å². The zero-order valence-electron chi connectivity index (χ0n) is 13.7. The number of rotatable bonds is 5. The number of halogens is 1. The van der Waals surface area contributed by atoms with Gasteiger partial charge in [0.15, 0.2) is 5.76 Å². The molecule has 0 aliphatic rings. The van der Waals surface area contributed by atoms with Crippen molar-refractivity contribution in [3.8, 4) is 0 Å². The summed E-state index contributed by atoms with van der Waals surface area (Å²) in [7, 11) is 1.58. The fourth-order valence-electron chi connectivity index (χ4n) is 2.48. The number of nitrogens with zero attached hydrogens (tertiary/aromatic N) is 2. The van der Waals surface area contributed by atoms with Crippen LogP contribution >= 0.6 is 0 Å². The van der Waals surface area contributed by atoms with Crippen molar-refractivity contribution in [2.45, 2.75) is 13.1 Å². The highest BCUT2D eigenvalue weighted by molar-refractivity contribution is 5.91. The van der Waals surface area contributed by atoms with Crippen LogP contribution in [0.2, 0.25) is 0 Å². The molecule has 0 saturated heterocycles. The average Bonchev–Trinajstić information content (AvgIpc) is 3.07. The lowest BCUT2D eigenvalue weighted by molar-refractivity contribution is 0.0750. The molecule has 3 rings (SSSR count). The Bertz CT molecular complexity index is 945. The molecule has 1 aromatic carbocycles. The number of carbonyl (C=O) groups excluding carboxylic acids is 1. The Morgan fingerprint density at radius 1 is 1.12 bits per heavy atom. The first kappa shape index (κ1) is 16.7. The Hall–Kier alpha value is -3.15. The van der Waals surface area contributed by atoms with Crippen molar-refractivity contribution >= 4 is 5.91 Å². The third-order valence-corrected chi connectivity index (χ3v) is 3.81. The number of aromatic nitrogens is 1. The van der Waals surface area contributed by atoms with Crippen molar-refractivity contribution in [3.05, 3.63) is 94.0 Å². The van der Waals surface area contributed by atoms with Gasteiger partial charge in [0.2, 0.25) is 0 Å². The molecule has 128 valence electrons. The van der Waals surface area contributed by atoms with Gasteiger partial charge < -0.3 is 13.9 Å². The average molecular weight is 340 g/mol. The molecule has 0 N–H and O–H groups in total. The molecule has 1 amide bonds. The SMILES string of the molecule is CN(Cc1ccccc1F)C(=O)c1ccc(Cn2ccccc2=O)o1. The van der Waals surface area contributed by atoms with Crippen LogP contribution < -0.4 is 5.56 Å². The first-order chi connectivity index (χ1) is 12.0. The third-order valence-electron chi connectivity index (χ3n) is 3.81. The summed E-state index contributed by atoms with van der Waals surface area (Å²) in [6, 6.07) is 14.4. The van der Waals surface area contributed by atoms with Gasteiger partial charge in [0, 0.05) is 31.4 Å². The number of hydrogen-bond donors (Lipinski definition) is 0. The van der Waals surface area contributed by atoms with Gasteiger partial charge >= 0.3 is 0 Å². The van der Waals surface area contributed by atoms with Crippen LogP contribution in [0.5, 0.6) is 0 Å². The van der Waals surface area contributed by atoms with Gasteiger partial charge in [-0.05, 0) is 24.3 Å².